The molecule has 2 aromatic carbocycles. The molecule has 0 bridgehead atoms. The molecule has 0 unspecified atom stereocenters. The maximum absolute atomic E-state index is 12.7. The molecular weight excluding hydrogens is 366 g/mol. The molecule has 3 rings (SSSR count). The van der Waals surface area contributed by atoms with Gasteiger partial charge in [0.05, 0.1) is 11.8 Å². The fourth-order valence-electron chi connectivity index (χ4n) is 2.65. The zero-order valence-corrected chi connectivity index (χ0v) is 17.0. The van der Waals surface area contributed by atoms with Gasteiger partial charge in [-0.15, -0.1) is 0 Å². The first-order valence-corrected chi connectivity index (χ1v) is 9.36. The number of anilines is 4. The third kappa shape index (κ3) is 5.44. The first-order valence-electron chi connectivity index (χ1n) is 9.36. The molecule has 0 aliphatic rings. The van der Waals surface area contributed by atoms with E-state index in [0.717, 1.165) is 11.4 Å². The number of carbonyl (C=O) groups is 1. The monoisotopic (exact) mass is 391 g/mol. The van der Waals surface area contributed by atoms with Gasteiger partial charge in [0.25, 0.3) is 5.91 Å². The molecule has 0 aliphatic carbocycles. The van der Waals surface area contributed by atoms with Crippen molar-refractivity contribution in [1.82, 2.24) is 9.97 Å². The van der Waals surface area contributed by atoms with Crippen LogP contribution in [0.3, 0.4) is 0 Å². The van der Waals surface area contributed by atoms with Crippen molar-refractivity contribution in [3.63, 3.8) is 0 Å². The minimum Gasteiger partial charge on any atom is -0.489 e. The van der Waals surface area contributed by atoms with Gasteiger partial charge in [0.1, 0.15) is 23.6 Å². The van der Waals surface area contributed by atoms with Crippen LogP contribution in [0.4, 0.5) is 22.9 Å². The van der Waals surface area contributed by atoms with E-state index in [9.17, 15) is 4.79 Å². The van der Waals surface area contributed by atoms with Gasteiger partial charge in [-0.3, -0.25) is 4.79 Å². The van der Waals surface area contributed by atoms with Crippen LogP contribution in [0.5, 0.6) is 5.75 Å². The lowest BCUT2D eigenvalue weighted by Crippen LogP contribution is -2.16. The minimum absolute atomic E-state index is 0.00166. The number of para-hydroxylation sites is 2. The van der Waals surface area contributed by atoms with Crippen LogP contribution in [0.1, 0.15) is 24.3 Å². The molecule has 1 aromatic heterocycles. The van der Waals surface area contributed by atoms with E-state index in [1.54, 1.807) is 12.1 Å². The van der Waals surface area contributed by atoms with Crippen LogP contribution in [0.2, 0.25) is 0 Å². The highest BCUT2D eigenvalue weighted by Crippen LogP contribution is 2.25. The van der Waals surface area contributed by atoms with Crippen molar-refractivity contribution in [1.29, 1.82) is 0 Å². The Balaban J connectivity index is 1.73. The lowest BCUT2D eigenvalue weighted by molar-refractivity contribution is 0.102. The number of nitrogens with one attached hydrogen (secondary N) is 2. The number of aromatic nitrogens is 2. The lowest BCUT2D eigenvalue weighted by atomic mass is 10.2. The fourth-order valence-corrected chi connectivity index (χ4v) is 2.65. The molecule has 3 aromatic rings. The standard InChI is InChI=1S/C22H25N5O2/c1-15(2)29-20-8-6-5-7-18(20)26-22(28)19-13-21(24-14-23-19)25-16-9-11-17(12-10-16)27(3)4/h5-15H,1-4H3,(H,26,28)(H,23,24,25). The summed E-state index contributed by atoms with van der Waals surface area (Å²) in [5, 5.41) is 6.05. The molecule has 1 heterocycles. The largest absolute Gasteiger partial charge is 0.489 e. The number of carbonyl (C=O) groups excluding carboxylic acids is 1. The molecule has 0 saturated carbocycles. The molecule has 7 nitrogen and oxygen atoms in total. The Labute approximate surface area is 170 Å². The first kappa shape index (κ1) is 20.1. The highest BCUT2D eigenvalue weighted by Gasteiger charge is 2.13. The van der Waals surface area contributed by atoms with E-state index in [0.29, 0.717) is 17.3 Å². The van der Waals surface area contributed by atoms with Gasteiger partial charge in [-0.25, -0.2) is 9.97 Å². The second-order valence-corrected chi connectivity index (χ2v) is 6.97. The number of hydrogen-bond donors (Lipinski definition) is 2. The molecule has 2 N–H and O–H groups in total. The number of ether oxygens (including phenoxy) is 1. The average Bonchev–Trinajstić information content (AvgIpc) is 2.69. The molecule has 29 heavy (non-hydrogen) atoms. The molecule has 0 atom stereocenters. The summed E-state index contributed by atoms with van der Waals surface area (Å²) in [6.45, 7) is 3.87. The summed E-state index contributed by atoms with van der Waals surface area (Å²) < 4.78 is 5.75. The van der Waals surface area contributed by atoms with Crippen molar-refractivity contribution in [2.75, 3.05) is 29.6 Å². The summed E-state index contributed by atoms with van der Waals surface area (Å²) in [6, 6.07) is 16.8. The Bertz CT molecular complexity index is 971. The van der Waals surface area contributed by atoms with Crippen LogP contribution in [0.25, 0.3) is 0 Å². The smallest absolute Gasteiger partial charge is 0.274 e. The predicted molar refractivity (Wildman–Crippen MR) is 116 cm³/mol. The third-order valence-corrected chi connectivity index (χ3v) is 4.05. The topological polar surface area (TPSA) is 79.4 Å². The summed E-state index contributed by atoms with van der Waals surface area (Å²) in [5.41, 5.74) is 2.82. The summed E-state index contributed by atoms with van der Waals surface area (Å²) in [4.78, 5) is 23.0. The summed E-state index contributed by atoms with van der Waals surface area (Å²) in [7, 11) is 3.98. The van der Waals surface area contributed by atoms with Gasteiger partial charge in [-0.2, -0.15) is 0 Å². The molecule has 1 amide bonds. The van der Waals surface area contributed by atoms with Crippen LogP contribution in [0, 0.1) is 0 Å². The van der Waals surface area contributed by atoms with E-state index in [-0.39, 0.29) is 17.7 Å². The molecule has 0 saturated heterocycles. The van der Waals surface area contributed by atoms with Crippen molar-refractivity contribution in [3.8, 4) is 5.75 Å². The van der Waals surface area contributed by atoms with E-state index in [1.165, 1.54) is 6.33 Å². The van der Waals surface area contributed by atoms with Crippen molar-refractivity contribution in [2.45, 2.75) is 20.0 Å². The van der Waals surface area contributed by atoms with E-state index in [4.69, 9.17) is 4.74 Å². The zero-order chi connectivity index (χ0) is 20.8. The molecule has 7 heteroatoms. The van der Waals surface area contributed by atoms with Crippen LogP contribution in [-0.4, -0.2) is 36.1 Å². The van der Waals surface area contributed by atoms with Crippen molar-refractivity contribution >= 4 is 28.8 Å². The lowest BCUT2D eigenvalue weighted by Gasteiger charge is -2.15. The Morgan fingerprint density at radius 2 is 1.76 bits per heavy atom. The summed E-state index contributed by atoms with van der Waals surface area (Å²) in [6.07, 6.45) is 1.36. The number of benzene rings is 2. The fraction of sp³-hybridized carbons (Fsp3) is 0.227. The first-order chi connectivity index (χ1) is 13.9. The maximum atomic E-state index is 12.7. The van der Waals surface area contributed by atoms with Gasteiger partial charge in [-0.05, 0) is 50.2 Å². The van der Waals surface area contributed by atoms with E-state index in [2.05, 4.69) is 20.6 Å². The zero-order valence-electron chi connectivity index (χ0n) is 17.0. The molecular formula is C22H25N5O2. The Kier molecular flexibility index (Phi) is 6.29. The molecule has 0 fully saturated rings. The van der Waals surface area contributed by atoms with Crippen molar-refractivity contribution in [2.24, 2.45) is 0 Å². The van der Waals surface area contributed by atoms with E-state index >= 15 is 0 Å². The van der Waals surface area contributed by atoms with Gasteiger partial charge in [0.2, 0.25) is 0 Å². The quantitative estimate of drug-likeness (QED) is 0.624. The highest BCUT2D eigenvalue weighted by molar-refractivity contribution is 6.04. The number of amides is 1. The Hall–Kier alpha value is -3.61. The Morgan fingerprint density at radius 1 is 1.03 bits per heavy atom. The van der Waals surface area contributed by atoms with Crippen molar-refractivity contribution in [3.05, 3.63) is 66.6 Å². The second-order valence-electron chi connectivity index (χ2n) is 6.97. The SMILES string of the molecule is CC(C)Oc1ccccc1NC(=O)c1cc(Nc2ccc(N(C)C)cc2)ncn1. The van der Waals surface area contributed by atoms with Gasteiger partial charge < -0.3 is 20.3 Å². The summed E-state index contributed by atoms with van der Waals surface area (Å²) in [5.74, 6) is 0.817. The van der Waals surface area contributed by atoms with Crippen LogP contribution < -0.4 is 20.3 Å². The third-order valence-electron chi connectivity index (χ3n) is 4.05. The van der Waals surface area contributed by atoms with Gasteiger partial charge >= 0.3 is 0 Å². The second kappa shape index (κ2) is 9.05. The molecule has 150 valence electrons. The minimum atomic E-state index is -0.335. The Morgan fingerprint density at radius 3 is 2.45 bits per heavy atom. The van der Waals surface area contributed by atoms with Crippen LogP contribution in [0.15, 0.2) is 60.9 Å². The predicted octanol–water partition coefficient (Wildman–Crippen LogP) is 4.33. The van der Waals surface area contributed by atoms with E-state index in [1.807, 2.05) is 75.3 Å². The maximum Gasteiger partial charge on any atom is 0.274 e. The molecule has 0 radical (unpaired) electrons. The molecule has 0 spiro atoms. The van der Waals surface area contributed by atoms with Crippen LogP contribution >= 0.6 is 0 Å². The van der Waals surface area contributed by atoms with Crippen LogP contribution in [-0.2, 0) is 0 Å². The number of hydrogen-bond acceptors (Lipinski definition) is 6. The van der Waals surface area contributed by atoms with E-state index < -0.39 is 0 Å². The number of rotatable bonds is 7. The average molecular weight is 391 g/mol. The van der Waals surface area contributed by atoms with Gasteiger partial charge in [-0.1, -0.05) is 12.1 Å². The highest BCUT2D eigenvalue weighted by atomic mass is 16.5. The summed E-state index contributed by atoms with van der Waals surface area (Å²) >= 11 is 0. The van der Waals surface area contributed by atoms with Crippen molar-refractivity contribution < 1.29 is 9.53 Å². The van der Waals surface area contributed by atoms with Gasteiger partial charge in [0, 0.05) is 31.5 Å². The molecule has 0 aliphatic heterocycles. The number of nitrogens with zero attached hydrogens (tertiary/aromatic N) is 3. The normalized spacial score (nSPS) is 10.5. The van der Waals surface area contributed by atoms with Gasteiger partial charge in [0.15, 0.2) is 0 Å².